The third-order valence-electron chi connectivity index (χ3n) is 6.62. The highest BCUT2D eigenvalue weighted by molar-refractivity contribution is 5.94. The third-order valence-corrected chi connectivity index (χ3v) is 6.62. The van der Waals surface area contributed by atoms with E-state index in [2.05, 4.69) is 66.1 Å². The van der Waals surface area contributed by atoms with Crippen molar-refractivity contribution in [2.75, 3.05) is 5.32 Å². The number of unbranched alkanes of at least 4 members (excludes halogenated alkanes) is 4. The van der Waals surface area contributed by atoms with Crippen molar-refractivity contribution in [1.82, 2.24) is 5.32 Å². The minimum atomic E-state index is 0.00430. The Morgan fingerprint density at radius 3 is 2.09 bits per heavy atom. The molecule has 1 amide bonds. The molecular weight excluding hydrogens is 404 g/mol. The fourth-order valence-corrected chi connectivity index (χ4v) is 4.63. The fraction of sp³-hybridized carbons (Fsp3) is 0.367. The zero-order chi connectivity index (χ0) is 22.9. The van der Waals surface area contributed by atoms with Crippen molar-refractivity contribution in [3.63, 3.8) is 0 Å². The molecule has 3 aromatic carbocycles. The number of carbonyl (C=O) groups excluding carboxylic acids is 1. The summed E-state index contributed by atoms with van der Waals surface area (Å²) in [6.07, 6.45) is 9.63. The highest BCUT2D eigenvalue weighted by Gasteiger charge is 2.22. The van der Waals surface area contributed by atoms with Crippen molar-refractivity contribution in [3.8, 4) is 0 Å². The van der Waals surface area contributed by atoms with Gasteiger partial charge in [0.2, 0.25) is 0 Å². The van der Waals surface area contributed by atoms with Gasteiger partial charge in [-0.1, -0.05) is 81.1 Å². The summed E-state index contributed by atoms with van der Waals surface area (Å²) in [5.41, 5.74) is 7.13. The molecule has 0 aromatic heterocycles. The van der Waals surface area contributed by atoms with Gasteiger partial charge in [-0.15, -0.1) is 0 Å². The van der Waals surface area contributed by atoms with Crippen LogP contribution in [0.5, 0.6) is 0 Å². The third kappa shape index (κ3) is 6.71. The van der Waals surface area contributed by atoms with Crippen LogP contribution >= 0.6 is 0 Å². The lowest BCUT2D eigenvalue weighted by molar-refractivity contribution is 0.0938. The molecule has 3 aromatic rings. The highest BCUT2D eigenvalue weighted by atomic mass is 16.1. The van der Waals surface area contributed by atoms with Gasteiger partial charge in [0.15, 0.2) is 0 Å². The van der Waals surface area contributed by atoms with Gasteiger partial charge >= 0.3 is 0 Å². The first-order valence-electron chi connectivity index (χ1n) is 12.5. The van der Waals surface area contributed by atoms with Crippen LogP contribution in [0, 0.1) is 0 Å². The second-order valence-electron chi connectivity index (χ2n) is 9.26. The molecule has 0 fully saturated rings. The van der Waals surface area contributed by atoms with Crippen LogP contribution in [-0.4, -0.2) is 11.9 Å². The van der Waals surface area contributed by atoms with Crippen LogP contribution in [0.15, 0.2) is 72.8 Å². The Kier molecular flexibility index (Phi) is 8.19. The van der Waals surface area contributed by atoms with Gasteiger partial charge in [-0.25, -0.2) is 0 Å². The SMILES string of the molecule is CCCCCCCc1ccc(CNc2ccc(C(=O)NC3Cc4ccccc4C3)cc2)cc1. The first kappa shape index (κ1) is 23.1. The molecule has 3 heteroatoms. The first-order valence-corrected chi connectivity index (χ1v) is 12.5. The van der Waals surface area contributed by atoms with Gasteiger partial charge in [-0.3, -0.25) is 4.79 Å². The Bertz CT molecular complexity index is 999. The van der Waals surface area contributed by atoms with Crippen molar-refractivity contribution in [2.45, 2.75) is 70.9 Å². The van der Waals surface area contributed by atoms with Crippen molar-refractivity contribution in [2.24, 2.45) is 0 Å². The number of benzene rings is 3. The maximum absolute atomic E-state index is 12.7. The summed E-state index contributed by atoms with van der Waals surface area (Å²) in [6.45, 7) is 3.04. The average molecular weight is 441 g/mol. The average Bonchev–Trinajstić information content (AvgIpc) is 3.26. The predicted molar refractivity (Wildman–Crippen MR) is 138 cm³/mol. The summed E-state index contributed by atoms with van der Waals surface area (Å²) < 4.78 is 0. The lowest BCUT2D eigenvalue weighted by Gasteiger charge is -2.13. The topological polar surface area (TPSA) is 41.1 Å². The number of hydrogen-bond acceptors (Lipinski definition) is 2. The Morgan fingerprint density at radius 1 is 0.788 bits per heavy atom. The standard InChI is InChI=1S/C30H36N2O/c1-2-3-4-5-6-9-23-12-14-24(15-13-23)22-31-28-18-16-25(17-19-28)30(33)32-29-20-26-10-7-8-11-27(26)21-29/h7-8,10-19,29,31H,2-6,9,20-22H2,1H3,(H,32,33). The Labute approximate surface area is 198 Å². The second kappa shape index (κ2) is 11.7. The number of hydrogen-bond donors (Lipinski definition) is 2. The lowest BCUT2D eigenvalue weighted by Crippen LogP contribution is -2.35. The van der Waals surface area contributed by atoms with E-state index in [0.29, 0.717) is 5.56 Å². The van der Waals surface area contributed by atoms with E-state index in [1.165, 1.54) is 60.8 Å². The maximum atomic E-state index is 12.7. The molecule has 2 N–H and O–H groups in total. The summed E-state index contributed by atoms with van der Waals surface area (Å²) in [5, 5.41) is 6.66. The first-order chi connectivity index (χ1) is 16.2. The molecule has 0 spiro atoms. The Balaban J connectivity index is 1.21. The summed E-state index contributed by atoms with van der Waals surface area (Å²) in [4.78, 5) is 12.7. The summed E-state index contributed by atoms with van der Waals surface area (Å²) in [7, 11) is 0. The molecule has 0 atom stereocenters. The van der Waals surface area contributed by atoms with E-state index in [0.717, 1.165) is 25.1 Å². The molecule has 1 aliphatic carbocycles. The molecule has 4 rings (SSSR count). The summed E-state index contributed by atoms with van der Waals surface area (Å²) in [6, 6.07) is 25.4. The van der Waals surface area contributed by atoms with Gasteiger partial charge in [0.05, 0.1) is 0 Å². The minimum absolute atomic E-state index is 0.00430. The molecule has 33 heavy (non-hydrogen) atoms. The van der Waals surface area contributed by atoms with E-state index in [1.54, 1.807) is 0 Å². The van der Waals surface area contributed by atoms with Gasteiger partial charge < -0.3 is 10.6 Å². The largest absolute Gasteiger partial charge is 0.381 e. The minimum Gasteiger partial charge on any atom is -0.381 e. The monoisotopic (exact) mass is 440 g/mol. The fourth-order valence-electron chi connectivity index (χ4n) is 4.63. The number of anilines is 1. The molecule has 172 valence electrons. The molecule has 0 saturated carbocycles. The number of aryl methyl sites for hydroxylation is 1. The molecule has 0 aliphatic heterocycles. The molecule has 0 heterocycles. The number of carbonyl (C=O) groups is 1. The number of rotatable bonds is 11. The molecule has 0 radical (unpaired) electrons. The summed E-state index contributed by atoms with van der Waals surface area (Å²) in [5.74, 6) is 0.00430. The van der Waals surface area contributed by atoms with E-state index in [1.807, 2.05) is 24.3 Å². The molecular formula is C30H36N2O. The van der Waals surface area contributed by atoms with Gasteiger partial charge in [0, 0.05) is 23.8 Å². The van der Waals surface area contributed by atoms with E-state index in [-0.39, 0.29) is 11.9 Å². The van der Waals surface area contributed by atoms with Crippen molar-refractivity contribution in [3.05, 3.63) is 101 Å². The predicted octanol–water partition coefficient (Wildman–Crippen LogP) is 6.71. The maximum Gasteiger partial charge on any atom is 0.251 e. The highest BCUT2D eigenvalue weighted by Crippen LogP contribution is 2.22. The van der Waals surface area contributed by atoms with E-state index in [9.17, 15) is 4.79 Å². The van der Waals surface area contributed by atoms with Crippen molar-refractivity contribution >= 4 is 11.6 Å². The van der Waals surface area contributed by atoms with E-state index in [4.69, 9.17) is 0 Å². The molecule has 0 saturated heterocycles. The van der Waals surface area contributed by atoms with Crippen molar-refractivity contribution < 1.29 is 4.79 Å². The number of amides is 1. The van der Waals surface area contributed by atoms with Crippen LogP contribution in [0.4, 0.5) is 5.69 Å². The summed E-state index contributed by atoms with van der Waals surface area (Å²) >= 11 is 0. The van der Waals surface area contributed by atoms with Gasteiger partial charge in [0.25, 0.3) is 5.91 Å². The van der Waals surface area contributed by atoms with Gasteiger partial charge in [-0.2, -0.15) is 0 Å². The van der Waals surface area contributed by atoms with Crippen LogP contribution in [0.1, 0.15) is 71.6 Å². The Morgan fingerprint density at radius 2 is 1.42 bits per heavy atom. The van der Waals surface area contributed by atoms with Gasteiger partial charge in [-0.05, 0) is 72.2 Å². The van der Waals surface area contributed by atoms with Crippen LogP contribution in [-0.2, 0) is 25.8 Å². The molecule has 0 unspecified atom stereocenters. The zero-order valence-electron chi connectivity index (χ0n) is 19.8. The molecule has 3 nitrogen and oxygen atoms in total. The normalized spacial score (nSPS) is 13.0. The number of nitrogens with one attached hydrogen (secondary N) is 2. The van der Waals surface area contributed by atoms with Crippen LogP contribution in [0.2, 0.25) is 0 Å². The zero-order valence-corrected chi connectivity index (χ0v) is 19.8. The smallest absolute Gasteiger partial charge is 0.251 e. The second-order valence-corrected chi connectivity index (χ2v) is 9.26. The number of fused-ring (bicyclic) bond motifs is 1. The van der Waals surface area contributed by atoms with Crippen molar-refractivity contribution in [1.29, 1.82) is 0 Å². The van der Waals surface area contributed by atoms with E-state index >= 15 is 0 Å². The molecule has 1 aliphatic rings. The van der Waals surface area contributed by atoms with Gasteiger partial charge in [0.1, 0.15) is 0 Å². The Hall–Kier alpha value is -3.07. The molecule has 0 bridgehead atoms. The quantitative estimate of drug-likeness (QED) is 0.325. The van der Waals surface area contributed by atoms with Crippen LogP contribution < -0.4 is 10.6 Å². The van der Waals surface area contributed by atoms with Crippen LogP contribution in [0.3, 0.4) is 0 Å². The lowest BCUT2D eigenvalue weighted by atomic mass is 10.0. The van der Waals surface area contributed by atoms with Crippen LogP contribution in [0.25, 0.3) is 0 Å². The van der Waals surface area contributed by atoms with E-state index < -0.39 is 0 Å².